The van der Waals surface area contributed by atoms with E-state index in [1.807, 2.05) is 0 Å². The molecule has 0 radical (unpaired) electrons. The fourth-order valence-corrected chi connectivity index (χ4v) is 0.439. The Morgan fingerprint density at radius 3 is 2.73 bits per heavy atom. The first kappa shape index (κ1) is 10.2. The van der Waals surface area contributed by atoms with Gasteiger partial charge in [-0.1, -0.05) is 0 Å². The minimum Gasteiger partial charge on any atom is -0.393 e. The molecule has 5 heteroatoms. The maximum absolute atomic E-state index is 8.80. The number of ether oxygens (including phenoxy) is 1. The van der Waals surface area contributed by atoms with Crippen molar-refractivity contribution in [2.45, 2.75) is 19.4 Å². The van der Waals surface area contributed by atoms with Crippen molar-refractivity contribution < 1.29 is 9.84 Å². The molecule has 0 aromatic carbocycles. The van der Waals surface area contributed by atoms with Gasteiger partial charge in [0.15, 0.2) is 5.96 Å². The molecule has 0 saturated heterocycles. The van der Waals surface area contributed by atoms with Gasteiger partial charge in [0.2, 0.25) is 0 Å². The Morgan fingerprint density at radius 1 is 1.64 bits per heavy atom. The van der Waals surface area contributed by atoms with Crippen molar-refractivity contribution in [3.63, 3.8) is 0 Å². The van der Waals surface area contributed by atoms with Gasteiger partial charge in [-0.15, -0.1) is 0 Å². The Bertz CT molecular complexity index is 121. The first-order valence-corrected chi connectivity index (χ1v) is 3.44. The summed E-state index contributed by atoms with van der Waals surface area (Å²) in [5.74, 6) is 0.0158. The molecule has 0 aliphatic rings. The van der Waals surface area contributed by atoms with E-state index in [1.54, 1.807) is 6.92 Å². The van der Waals surface area contributed by atoms with Crippen LogP contribution in [-0.4, -0.2) is 30.5 Å². The highest BCUT2D eigenvalue weighted by Crippen LogP contribution is 1.89. The van der Waals surface area contributed by atoms with E-state index >= 15 is 0 Å². The average Bonchev–Trinajstić information content (AvgIpc) is 1.85. The highest BCUT2D eigenvalue weighted by atomic mass is 16.5. The van der Waals surface area contributed by atoms with Crippen molar-refractivity contribution in [3.05, 3.63) is 0 Å². The van der Waals surface area contributed by atoms with E-state index < -0.39 is 0 Å². The summed E-state index contributed by atoms with van der Waals surface area (Å²) >= 11 is 0. The molecular formula is C6H15N3O2. The van der Waals surface area contributed by atoms with Gasteiger partial charge < -0.3 is 21.3 Å². The summed E-state index contributed by atoms with van der Waals surface area (Å²) in [6.45, 7) is 2.33. The fourth-order valence-electron chi connectivity index (χ4n) is 0.439. The fraction of sp³-hybridized carbons (Fsp3) is 0.833. The molecule has 11 heavy (non-hydrogen) atoms. The van der Waals surface area contributed by atoms with E-state index in [2.05, 4.69) is 4.99 Å². The monoisotopic (exact) mass is 161 g/mol. The van der Waals surface area contributed by atoms with E-state index in [1.165, 1.54) is 0 Å². The third-order valence-electron chi connectivity index (χ3n) is 1.02. The molecule has 1 unspecified atom stereocenters. The standard InChI is InChI=1S/C6H15N3O2/c1-5(10)2-3-11-4-9-6(7)8/h5,10H,2-4H2,1H3,(H4,7,8,9). The van der Waals surface area contributed by atoms with Gasteiger partial charge in [0, 0.05) is 0 Å². The molecule has 0 spiro atoms. The lowest BCUT2D eigenvalue weighted by Gasteiger charge is -2.02. The number of rotatable bonds is 5. The van der Waals surface area contributed by atoms with Crippen LogP contribution in [0.2, 0.25) is 0 Å². The van der Waals surface area contributed by atoms with Crippen molar-refractivity contribution in [2.75, 3.05) is 13.3 Å². The number of nitrogens with two attached hydrogens (primary N) is 2. The largest absolute Gasteiger partial charge is 0.393 e. The van der Waals surface area contributed by atoms with E-state index in [4.69, 9.17) is 21.3 Å². The predicted molar refractivity (Wildman–Crippen MR) is 42.9 cm³/mol. The molecule has 0 bridgehead atoms. The lowest BCUT2D eigenvalue weighted by molar-refractivity contribution is 0.0938. The van der Waals surface area contributed by atoms with Crippen LogP contribution in [0.25, 0.3) is 0 Å². The van der Waals surface area contributed by atoms with Gasteiger partial charge in [-0.25, -0.2) is 4.99 Å². The molecule has 0 aliphatic carbocycles. The van der Waals surface area contributed by atoms with Gasteiger partial charge >= 0.3 is 0 Å². The highest BCUT2D eigenvalue weighted by Gasteiger charge is 1.93. The summed E-state index contributed by atoms with van der Waals surface area (Å²) in [6, 6.07) is 0. The van der Waals surface area contributed by atoms with Crippen LogP contribution in [0, 0.1) is 0 Å². The van der Waals surface area contributed by atoms with Crippen molar-refractivity contribution in [1.29, 1.82) is 0 Å². The predicted octanol–water partition coefficient (Wildman–Crippen LogP) is -0.995. The maximum Gasteiger partial charge on any atom is 0.188 e. The lowest BCUT2D eigenvalue weighted by Crippen LogP contribution is -2.23. The van der Waals surface area contributed by atoms with Crippen LogP contribution in [0.1, 0.15) is 13.3 Å². The van der Waals surface area contributed by atoms with Crippen LogP contribution < -0.4 is 11.5 Å². The number of guanidine groups is 1. The SMILES string of the molecule is CC(O)CCOCN=C(N)N. The van der Waals surface area contributed by atoms with E-state index in [0.717, 1.165) is 0 Å². The van der Waals surface area contributed by atoms with Gasteiger partial charge in [-0.05, 0) is 13.3 Å². The normalized spacial score (nSPS) is 12.5. The molecule has 5 N–H and O–H groups in total. The first-order chi connectivity index (χ1) is 5.13. The molecule has 0 aromatic heterocycles. The van der Waals surface area contributed by atoms with Gasteiger partial charge in [0.05, 0.1) is 12.7 Å². The van der Waals surface area contributed by atoms with Crippen molar-refractivity contribution >= 4 is 5.96 Å². The number of aliphatic hydroxyl groups is 1. The van der Waals surface area contributed by atoms with Crippen LogP contribution in [0.15, 0.2) is 4.99 Å². The Kier molecular flexibility index (Phi) is 5.50. The molecule has 66 valence electrons. The smallest absolute Gasteiger partial charge is 0.188 e. The maximum atomic E-state index is 8.80. The van der Waals surface area contributed by atoms with Crippen molar-refractivity contribution in [3.8, 4) is 0 Å². The molecule has 0 heterocycles. The van der Waals surface area contributed by atoms with Crippen LogP contribution in [0.5, 0.6) is 0 Å². The molecule has 0 amide bonds. The zero-order valence-electron chi connectivity index (χ0n) is 6.66. The van der Waals surface area contributed by atoms with Crippen molar-refractivity contribution in [1.82, 2.24) is 0 Å². The molecule has 5 nitrogen and oxygen atoms in total. The minimum atomic E-state index is -0.339. The Balaban J connectivity index is 3.09. The topological polar surface area (TPSA) is 93.9 Å². The summed E-state index contributed by atoms with van der Waals surface area (Å²) in [4.78, 5) is 3.59. The second-order valence-electron chi connectivity index (χ2n) is 2.26. The number of aliphatic imine (C=N–C) groups is 1. The summed E-state index contributed by atoms with van der Waals surface area (Å²) in [5.41, 5.74) is 10.1. The second kappa shape index (κ2) is 5.94. The third-order valence-corrected chi connectivity index (χ3v) is 1.02. The zero-order chi connectivity index (χ0) is 8.69. The average molecular weight is 161 g/mol. The quantitative estimate of drug-likeness (QED) is 0.274. The van der Waals surface area contributed by atoms with Gasteiger partial charge in [-0.2, -0.15) is 0 Å². The number of aliphatic hydroxyl groups excluding tert-OH is 1. The molecule has 0 fully saturated rings. The summed E-state index contributed by atoms with van der Waals surface area (Å²) in [5, 5.41) is 8.80. The van der Waals surface area contributed by atoms with Crippen molar-refractivity contribution in [2.24, 2.45) is 16.5 Å². The molecule has 1 atom stereocenters. The Hall–Kier alpha value is -0.810. The van der Waals surface area contributed by atoms with Gasteiger partial charge in [-0.3, -0.25) is 0 Å². The lowest BCUT2D eigenvalue weighted by atomic mass is 10.3. The molecule has 0 aromatic rings. The van der Waals surface area contributed by atoms with Crippen LogP contribution >= 0.6 is 0 Å². The molecule has 0 saturated carbocycles. The summed E-state index contributed by atoms with van der Waals surface area (Å²) in [6.07, 6.45) is 0.259. The number of nitrogens with zero attached hydrogens (tertiary/aromatic N) is 1. The summed E-state index contributed by atoms with van der Waals surface area (Å²) in [7, 11) is 0. The van der Waals surface area contributed by atoms with E-state index in [0.29, 0.717) is 13.0 Å². The van der Waals surface area contributed by atoms with Crippen LogP contribution in [-0.2, 0) is 4.74 Å². The van der Waals surface area contributed by atoms with Gasteiger partial charge in [0.1, 0.15) is 6.73 Å². The molecule has 0 aliphatic heterocycles. The Morgan fingerprint density at radius 2 is 2.27 bits per heavy atom. The number of hydrogen-bond acceptors (Lipinski definition) is 3. The first-order valence-electron chi connectivity index (χ1n) is 3.44. The third kappa shape index (κ3) is 9.19. The molecule has 0 rings (SSSR count). The zero-order valence-corrected chi connectivity index (χ0v) is 6.66. The second-order valence-corrected chi connectivity index (χ2v) is 2.26. The highest BCUT2D eigenvalue weighted by molar-refractivity contribution is 5.75. The van der Waals surface area contributed by atoms with Crippen LogP contribution in [0.4, 0.5) is 0 Å². The van der Waals surface area contributed by atoms with Crippen LogP contribution in [0.3, 0.4) is 0 Å². The Labute approximate surface area is 66.0 Å². The molecular weight excluding hydrogens is 146 g/mol. The van der Waals surface area contributed by atoms with Gasteiger partial charge in [0.25, 0.3) is 0 Å². The number of hydrogen-bond donors (Lipinski definition) is 3. The summed E-state index contributed by atoms with van der Waals surface area (Å²) < 4.78 is 4.95. The van der Waals surface area contributed by atoms with E-state index in [-0.39, 0.29) is 18.8 Å². The minimum absolute atomic E-state index is 0.0158. The van der Waals surface area contributed by atoms with E-state index in [9.17, 15) is 0 Å².